The second kappa shape index (κ2) is 12.0. The van der Waals surface area contributed by atoms with Crippen LogP contribution in [-0.4, -0.2) is 43.5 Å². The number of carbonyl (C=O) groups excluding carboxylic acids is 3. The lowest BCUT2D eigenvalue weighted by molar-refractivity contribution is -0.126. The number of carbonyl (C=O) groups is 3. The van der Waals surface area contributed by atoms with Crippen LogP contribution in [0.25, 0.3) is 10.8 Å². The molecule has 5 rings (SSSR count). The average Bonchev–Trinajstić information content (AvgIpc) is 3.68. The van der Waals surface area contributed by atoms with Gasteiger partial charge in [0.25, 0.3) is 5.91 Å². The van der Waals surface area contributed by atoms with Crippen molar-refractivity contribution in [3.05, 3.63) is 101 Å². The standard InChI is InChI=1S/C30H29N3O4S/c34-27(20-32-29(35)26-16-8-18-38-26)33(25-15-6-12-21-9-4-5-14-24(21)25)28(22-10-2-1-3-11-22)30(36)31-19-23-13-7-17-37-23/h1-6,8-12,14-16,18,23,28H,7,13,17,19-20H2,(H,31,36)(H,32,35). The summed E-state index contributed by atoms with van der Waals surface area (Å²) in [6.07, 6.45) is 1.81. The van der Waals surface area contributed by atoms with E-state index in [9.17, 15) is 14.4 Å². The quantitative estimate of drug-likeness (QED) is 0.330. The number of benzene rings is 3. The molecule has 1 fully saturated rings. The first-order valence-electron chi connectivity index (χ1n) is 12.7. The Hall–Kier alpha value is -4.01. The molecule has 7 nitrogen and oxygen atoms in total. The molecule has 194 valence electrons. The Bertz CT molecular complexity index is 1400. The molecule has 1 saturated heterocycles. The summed E-state index contributed by atoms with van der Waals surface area (Å²) in [5, 5.41) is 9.34. The molecular formula is C30H29N3O4S. The van der Waals surface area contributed by atoms with Gasteiger partial charge in [-0.2, -0.15) is 0 Å². The summed E-state index contributed by atoms with van der Waals surface area (Å²) in [4.78, 5) is 42.5. The van der Waals surface area contributed by atoms with Crippen molar-refractivity contribution >= 4 is 45.5 Å². The summed E-state index contributed by atoms with van der Waals surface area (Å²) in [5.74, 6) is -1.03. The Balaban J connectivity index is 1.52. The number of thiophene rings is 1. The zero-order chi connectivity index (χ0) is 26.3. The van der Waals surface area contributed by atoms with Gasteiger partial charge in [-0.05, 0) is 41.3 Å². The largest absolute Gasteiger partial charge is 0.376 e. The van der Waals surface area contributed by atoms with Gasteiger partial charge in [0.05, 0.1) is 23.2 Å². The first kappa shape index (κ1) is 25.6. The lowest BCUT2D eigenvalue weighted by Crippen LogP contribution is -2.48. The zero-order valence-electron chi connectivity index (χ0n) is 20.8. The average molecular weight is 528 g/mol. The number of nitrogens with zero attached hydrogens (tertiary/aromatic N) is 1. The highest BCUT2D eigenvalue weighted by Gasteiger charge is 2.34. The predicted molar refractivity (Wildman–Crippen MR) is 149 cm³/mol. The SMILES string of the molecule is O=C(NCC(=O)N(c1cccc2ccccc12)C(C(=O)NCC1CCCO1)c1ccccc1)c1cccs1. The van der Waals surface area contributed by atoms with Gasteiger partial charge in [-0.15, -0.1) is 11.3 Å². The van der Waals surface area contributed by atoms with Gasteiger partial charge in [0.15, 0.2) is 0 Å². The zero-order valence-corrected chi connectivity index (χ0v) is 21.7. The van der Waals surface area contributed by atoms with Crippen LogP contribution in [0.1, 0.15) is 34.1 Å². The molecule has 0 bridgehead atoms. The van der Waals surface area contributed by atoms with Gasteiger partial charge in [0.1, 0.15) is 6.04 Å². The fourth-order valence-corrected chi connectivity index (χ4v) is 5.38. The van der Waals surface area contributed by atoms with Crippen LogP contribution < -0.4 is 15.5 Å². The monoisotopic (exact) mass is 527 g/mol. The van der Waals surface area contributed by atoms with Crippen LogP contribution >= 0.6 is 11.3 Å². The molecule has 3 aromatic carbocycles. The highest BCUT2D eigenvalue weighted by Crippen LogP contribution is 2.34. The van der Waals surface area contributed by atoms with E-state index in [0.717, 1.165) is 23.6 Å². The number of hydrogen-bond acceptors (Lipinski definition) is 5. The molecular weight excluding hydrogens is 498 g/mol. The molecule has 2 heterocycles. The number of anilines is 1. The van der Waals surface area contributed by atoms with Crippen LogP contribution in [0.15, 0.2) is 90.3 Å². The van der Waals surface area contributed by atoms with E-state index in [0.29, 0.717) is 29.3 Å². The highest BCUT2D eigenvalue weighted by molar-refractivity contribution is 7.12. The second-order valence-electron chi connectivity index (χ2n) is 9.12. The third-order valence-corrected chi connectivity index (χ3v) is 7.46. The maximum atomic E-state index is 14.0. The normalized spacial score (nSPS) is 15.6. The van der Waals surface area contributed by atoms with E-state index < -0.39 is 11.9 Å². The molecule has 0 spiro atoms. The Morgan fingerprint density at radius 2 is 1.71 bits per heavy atom. The molecule has 2 unspecified atom stereocenters. The molecule has 0 aliphatic carbocycles. The van der Waals surface area contributed by atoms with Crippen LogP contribution in [0.5, 0.6) is 0 Å². The summed E-state index contributed by atoms with van der Waals surface area (Å²) in [6.45, 7) is 0.796. The van der Waals surface area contributed by atoms with Crippen LogP contribution in [0.3, 0.4) is 0 Å². The van der Waals surface area contributed by atoms with E-state index in [2.05, 4.69) is 10.6 Å². The maximum absolute atomic E-state index is 14.0. The van der Waals surface area contributed by atoms with Gasteiger partial charge < -0.3 is 15.4 Å². The lowest BCUT2D eigenvalue weighted by Gasteiger charge is -2.32. The number of nitrogens with one attached hydrogen (secondary N) is 2. The minimum absolute atomic E-state index is 0.0397. The first-order valence-corrected chi connectivity index (χ1v) is 13.6. The van der Waals surface area contributed by atoms with Crippen molar-refractivity contribution < 1.29 is 19.1 Å². The third kappa shape index (κ3) is 5.77. The number of rotatable bonds is 9. The minimum Gasteiger partial charge on any atom is -0.376 e. The topological polar surface area (TPSA) is 87.7 Å². The number of fused-ring (bicyclic) bond motifs is 1. The van der Waals surface area contributed by atoms with E-state index in [1.807, 2.05) is 78.2 Å². The van der Waals surface area contributed by atoms with Crippen LogP contribution in [0.4, 0.5) is 5.69 Å². The lowest BCUT2D eigenvalue weighted by atomic mass is 10.0. The summed E-state index contributed by atoms with van der Waals surface area (Å²) >= 11 is 1.30. The van der Waals surface area contributed by atoms with Crippen molar-refractivity contribution in [3.63, 3.8) is 0 Å². The van der Waals surface area contributed by atoms with Crippen molar-refractivity contribution in [1.29, 1.82) is 0 Å². The van der Waals surface area contributed by atoms with Crippen LogP contribution in [0, 0.1) is 0 Å². The molecule has 2 N–H and O–H groups in total. The van der Waals surface area contributed by atoms with Gasteiger partial charge >= 0.3 is 0 Å². The van der Waals surface area contributed by atoms with Crippen molar-refractivity contribution in [2.75, 3.05) is 24.6 Å². The number of hydrogen-bond donors (Lipinski definition) is 2. The van der Waals surface area contributed by atoms with Gasteiger partial charge in [0.2, 0.25) is 11.8 Å². The third-order valence-electron chi connectivity index (χ3n) is 6.59. The Morgan fingerprint density at radius 3 is 2.47 bits per heavy atom. The van der Waals surface area contributed by atoms with Crippen molar-refractivity contribution in [2.24, 2.45) is 0 Å². The molecule has 3 amide bonds. The molecule has 1 aliphatic heterocycles. The maximum Gasteiger partial charge on any atom is 0.261 e. The summed E-state index contributed by atoms with van der Waals surface area (Å²) in [6, 6.07) is 25.2. The summed E-state index contributed by atoms with van der Waals surface area (Å²) in [5.41, 5.74) is 1.27. The van der Waals surface area contributed by atoms with Crippen molar-refractivity contribution in [2.45, 2.75) is 25.0 Å². The fraction of sp³-hybridized carbons (Fsp3) is 0.233. The van der Waals surface area contributed by atoms with Crippen molar-refractivity contribution in [1.82, 2.24) is 10.6 Å². The summed E-state index contributed by atoms with van der Waals surface area (Å²) in [7, 11) is 0. The Kier molecular flexibility index (Phi) is 8.11. The minimum atomic E-state index is -0.949. The van der Waals surface area contributed by atoms with E-state index in [1.54, 1.807) is 12.1 Å². The van der Waals surface area contributed by atoms with Gasteiger partial charge in [-0.3, -0.25) is 19.3 Å². The second-order valence-corrected chi connectivity index (χ2v) is 10.1. The fourth-order valence-electron chi connectivity index (χ4n) is 4.74. The molecule has 38 heavy (non-hydrogen) atoms. The predicted octanol–water partition coefficient (Wildman–Crippen LogP) is 4.70. The molecule has 1 aliphatic rings. The number of ether oxygens (including phenoxy) is 1. The highest BCUT2D eigenvalue weighted by atomic mass is 32.1. The Labute approximate surface area is 225 Å². The molecule has 0 radical (unpaired) electrons. The van der Waals surface area contributed by atoms with E-state index in [4.69, 9.17) is 4.74 Å². The van der Waals surface area contributed by atoms with Gasteiger partial charge in [-0.25, -0.2) is 0 Å². The van der Waals surface area contributed by atoms with Crippen molar-refractivity contribution in [3.8, 4) is 0 Å². The van der Waals surface area contributed by atoms with Gasteiger partial charge in [0, 0.05) is 18.5 Å². The van der Waals surface area contributed by atoms with Crippen LogP contribution in [0.2, 0.25) is 0 Å². The van der Waals surface area contributed by atoms with Crippen LogP contribution in [-0.2, 0) is 14.3 Å². The summed E-state index contributed by atoms with van der Waals surface area (Å²) < 4.78 is 5.70. The van der Waals surface area contributed by atoms with Gasteiger partial charge in [-0.1, -0.05) is 72.8 Å². The molecule has 2 atom stereocenters. The Morgan fingerprint density at radius 1 is 0.921 bits per heavy atom. The van der Waals surface area contributed by atoms with E-state index in [1.165, 1.54) is 16.2 Å². The molecule has 4 aromatic rings. The smallest absolute Gasteiger partial charge is 0.261 e. The molecule has 8 heteroatoms. The first-order chi connectivity index (χ1) is 18.6. The molecule has 0 saturated carbocycles. The molecule has 1 aromatic heterocycles. The number of amides is 3. The van der Waals surface area contributed by atoms with E-state index >= 15 is 0 Å². The van der Waals surface area contributed by atoms with E-state index in [-0.39, 0.29) is 24.5 Å².